The molecule has 0 aliphatic heterocycles. The SMILES string of the molecule is CCC(=O)OP(c1ccccc1)(c1ccccc1)(c1ccccc1)C(C)C. The molecule has 3 rings (SSSR count). The van der Waals surface area contributed by atoms with E-state index in [1.807, 2.05) is 61.5 Å². The molecule has 3 aromatic rings. The standard InChI is InChI=1S/C24H27O2P/c1-4-24(25)26-27(20(2)3,21-14-8-5-9-15-21,22-16-10-6-11-17-22)23-18-12-7-13-19-23/h5-20H,4H2,1-3H3. The van der Waals surface area contributed by atoms with E-state index in [1.54, 1.807) is 0 Å². The number of carbonyl (C=O) groups is 1. The molecule has 0 saturated carbocycles. The van der Waals surface area contributed by atoms with Crippen LogP contribution in [0.25, 0.3) is 0 Å². The molecule has 0 aromatic heterocycles. The molecule has 0 spiro atoms. The second kappa shape index (κ2) is 7.66. The van der Waals surface area contributed by atoms with E-state index in [1.165, 1.54) is 0 Å². The fourth-order valence-corrected chi connectivity index (χ4v) is 10.1. The fourth-order valence-electron chi connectivity index (χ4n) is 4.05. The number of rotatable bonds is 6. The average Bonchev–Trinajstić information content (AvgIpc) is 2.73. The van der Waals surface area contributed by atoms with E-state index in [9.17, 15) is 4.79 Å². The van der Waals surface area contributed by atoms with Crippen molar-refractivity contribution in [3.8, 4) is 0 Å². The summed E-state index contributed by atoms with van der Waals surface area (Å²) < 4.78 is 6.69. The quantitative estimate of drug-likeness (QED) is 0.577. The van der Waals surface area contributed by atoms with Gasteiger partial charge in [-0.2, -0.15) is 0 Å². The number of hydrogen-bond donors (Lipinski definition) is 0. The molecule has 0 bridgehead atoms. The zero-order valence-electron chi connectivity index (χ0n) is 16.2. The number of benzene rings is 3. The van der Waals surface area contributed by atoms with Crippen molar-refractivity contribution in [3.63, 3.8) is 0 Å². The van der Waals surface area contributed by atoms with Gasteiger partial charge in [-0.25, -0.2) is 0 Å². The Balaban J connectivity index is 2.55. The molecule has 0 unspecified atom stereocenters. The van der Waals surface area contributed by atoms with Crippen molar-refractivity contribution in [2.45, 2.75) is 32.9 Å². The summed E-state index contributed by atoms with van der Waals surface area (Å²) in [6.07, 6.45) is 0.344. The van der Waals surface area contributed by atoms with Crippen molar-refractivity contribution in [2.24, 2.45) is 0 Å². The summed E-state index contributed by atoms with van der Waals surface area (Å²) in [4.78, 5) is 12.9. The fraction of sp³-hybridized carbons (Fsp3) is 0.208. The van der Waals surface area contributed by atoms with Crippen LogP contribution in [-0.4, -0.2) is 11.6 Å². The van der Waals surface area contributed by atoms with Crippen LogP contribution in [0.2, 0.25) is 0 Å². The Morgan fingerprint density at radius 2 is 1.07 bits per heavy atom. The van der Waals surface area contributed by atoms with E-state index >= 15 is 0 Å². The van der Waals surface area contributed by atoms with Gasteiger partial charge in [-0.3, -0.25) is 0 Å². The normalized spacial score (nSPS) is 13.0. The molecule has 27 heavy (non-hydrogen) atoms. The van der Waals surface area contributed by atoms with Gasteiger partial charge in [0.1, 0.15) is 0 Å². The maximum atomic E-state index is 12.9. The molecule has 0 atom stereocenters. The summed E-state index contributed by atoms with van der Waals surface area (Å²) in [5.41, 5.74) is 0.0821. The van der Waals surface area contributed by atoms with E-state index in [0.717, 1.165) is 15.9 Å². The Kier molecular flexibility index (Phi) is 5.48. The first-order valence-corrected chi connectivity index (χ1v) is 11.7. The van der Waals surface area contributed by atoms with Crippen LogP contribution >= 0.6 is 6.83 Å². The molecule has 140 valence electrons. The second-order valence-electron chi connectivity index (χ2n) is 7.02. The monoisotopic (exact) mass is 378 g/mol. The van der Waals surface area contributed by atoms with Crippen LogP contribution < -0.4 is 15.9 Å². The zero-order valence-corrected chi connectivity index (χ0v) is 17.1. The van der Waals surface area contributed by atoms with E-state index in [4.69, 9.17) is 4.52 Å². The van der Waals surface area contributed by atoms with E-state index < -0.39 is 6.83 Å². The van der Waals surface area contributed by atoms with Gasteiger partial charge in [0, 0.05) is 0 Å². The van der Waals surface area contributed by atoms with Crippen LogP contribution in [-0.2, 0) is 9.32 Å². The van der Waals surface area contributed by atoms with Gasteiger partial charge < -0.3 is 0 Å². The Hall–Kier alpha value is -2.44. The zero-order chi connectivity index (χ0) is 19.4. The molecule has 0 saturated heterocycles. The van der Waals surface area contributed by atoms with Crippen LogP contribution in [0.15, 0.2) is 91.0 Å². The first-order chi connectivity index (χ1) is 13.1. The molecule has 0 fully saturated rings. The van der Waals surface area contributed by atoms with Gasteiger partial charge >= 0.3 is 162 Å². The number of hydrogen-bond acceptors (Lipinski definition) is 2. The molecule has 0 amide bonds. The number of carbonyl (C=O) groups excluding carboxylic acids is 1. The van der Waals surface area contributed by atoms with Crippen LogP contribution in [0.1, 0.15) is 27.2 Å². The molecule has 0 radical (unpaired) electrons. The average molecular weight is 378 g/mol. The van der Waals surface area contributed by atoms with Crippen LogP contribution in [0.5, 0.6) is 0 Å². The Bertz CT molecular complexity index is 790. The van der Waals surface area contributed by atoms with Gasteiger partial charge in [0.15, 0.2) is 0 Å². The van der Waals surface area contributed by atoms with Gasteiger partial charge in [-0.05, 0) is 0 Å². The molecule has 0 aliphatic rings. The van der Waals surface area contributed by atoms with Crippen LogP contribution in [0.4, 0.5) is 0 Å². The Morgan fingerprint density at radius 3 is 1.33 bits per heavy atom. The molecule has 0 heterocycles. The van der Waals surface area contributed by atoms with Crippen LogP contribution in [0, 0.1) is 0 Å². The molecule has 3 aromatic carbocycles. The van der Waals surface area contributed by atoms with Crippen molar-refractivity contribution in [1.82, 2.24) is 0 Å². The predicted octanol–water partition coefficient (Wildman–Crippen LogP) is 4.79. The van der Waals surface area contributed by atoms with E-state index in [2.05, 4.69) is 50.2 Å². The Labute approximate surface area is 162 Å². The molecular formula is C24H27O2P. The summed E-state index contributed by atoms with van der Waals surface area (Å²) >= 11 is 0. The first kappa shape index (κ1) is 19.3. The van der Waals surface area contributed by atoms with Gasteiger partial charge in [-0.15, -0.1) is 0 Å². The van der Waals surface area contributed by atoms with Crippen molar-refractivity contribution < 1.29 is 9.32 Å². The van der Waals surface area contributed by atoms with Gasteiger partial charge in [0.25, 0.3) is 0 Å². The third-order valence-corrected chi connectivity index (χ3v) is 11.9. The van der Waals surface area contributed by atoms with Crippen LogP contribution in [0.3, 0.4) is 0 Å². The summed E-state index contributed by atoms with van der Waals surface area (Å²) in [6.45, 7) is 2.70. The van der Waals surface area contributed by atoms with Crippen molar-refractivity contribution >= 4 is 28.7 Å². The van der Waals surface area contributed by atoms with Gasteiger partial charge in [-0.1, -0.05) is 0 Å². The van der Waals surface area contributed by atoms with Crippen molar-refractivity contribution in [1.29, 1.82) is 0 Å². The second-order valence-corrected chi connectivity index (χ2v) is 12.0. The minimum atomic E-state index is -3.50. The first-order valence-electron chi connectivity index (χ1n) is 9.47. The molecule has 2 nitrogen and oxygen atoms in total. The Morgan fingerprint density at radius 1 is 0.741 bits per heavy atom. The van der Waals surface area contributed by atoms with E-state index in [-0.39, 0.29) is 11.6 Å². The topological polar surface area (TPSA) is 26.3 Å². The van der Waals surface area contributed by atoms with Gasteiger partial charge in [0.05, 0.1) is 0 Å². The third kappa shape index (κ3) is 2.89. The molecule has 0 aliphatic carbocycles. The minimum absolute atomic E-state index is 0.0821. The molecular weight excluding hydrogens is 351 g/mol. The van der Waals surface area contributed by atoms with E-state index in [0.29, 0.717) is 6.42 Å². The summed E-state index contributed by atoms with van der Waals surface area (Å²) in [5.74, 6) is -0.169. The maximum absolute atomic E-state index is 12.9. The van der Waals surface area contributed by atoms with Gasteiger partial charge in [0.2, 0.25) is 0 Å². The van der Waals surface area contributed by atoms with Crippen molar-refractivity contribution in [3.05, 3.63) is 91.0 Å². The summed E-state index contributed by atoms with van der Waals surface area (Å²) in [7, 11) is 0. The molecule has 0 N–H and O–H groups in total. The van der Waals surface area contributed by atoms with Crippen molar-refractivity contribution in [2.75, 3.05) is 0 Å². The molecule has 3 heteroatoms. The summed E-state index contributed by atoms with van der Waals surface area (Å²) in [5, 5.41) is 3.24. The third-order valence-electron chi connectivity index (χ3n) is 5.37. The predicted molar refractivity (Wildman–Crippen MR) is 117 cm³/mol. The summed E-state index contributed by atoms with van der Waals surface area (Å²) in [6, 6.07) is 30.9.